The minimum Gasteiger partial charge on any atom is -0.373 e. The predicted octanol–water partition coefficient (Wildman–Crippen LogP) is 1.85. The number of nitrogens with zero attached hydrogens (tertiary/aromatic N) is 2. The minimum absolute atomic E-state index is 0.894. The Morgan fingerprint density at radius 1 is 1.36 bits per heavy atom. The van der Waals surface area contributed by atoms with Gasteiger partial charge in [-0.25, -0.2) is 9.97 Å². The third-order valence-electron chi connectivity index (χ3n) is 1.13. The van der Waals surface area contributed by atoms with Crippen molar-refractivity contribution in [3.8, 4) is 0 Å². The maximum Gasteiger partial charge on any atom is 0.132 e. The van der Waals surface area contributed by atoms with Gasteiger partial charge in [-0.1, -0.05) is 13.8 Å². The van der Waals surface area contributed by atoms with Gasteiger partial charge in [-0.15, -0.1) is 0 Å². The first-order valence-corrected chi connectivity index (χ1v) is 3.79. The zero-order valence-electron chi connectivity index (χ0n) is 7.55. The van der Waals surface area contributed by atoms with Crippen LogP contribution in [-0.4, -0.2) is 17.0 Å². The average Bonchev–Trinajstić information content (AvgIpc) is 2.09. The van der Waals surface area contributed by atoms with Gasteiger partial charge in [0.05, 0.1) is 0 Å². The van der Waals surface area contributed by atoms with E-state index in [9.17, 15) is 0 Å². The molecule has 1 N–H and O–H groups in total. The molecule has 3 nitrogen and oxygen atoms in total. The molecule has 0 aliphatic heterocycles. The topological polar surface area (TPSA) is 37.8 Å². The molecule has 0 radical (unpaired) electrons. The lowest BCUT2D eigenvalue weighted by Crippen LogP contribution is -1.94. The van der Waals surface area contributed by atoms with Crippen LogP contribution in [0, 0.1) is 6.92 Å². The number of hydrogen-bond acceptors (Lipinski definition) is 3. The van der Waals surface area contributed by atoms with Crippen LogP contribution in [-0.2, 0) is 0 Å². The van der Waals surface area contributed by atoms with Gasteiger partial charge in [0.2, 0.25) is 0 Å². The molecule has 0 saturated carbocycles. The van der Waals surface area contributed by atoms with Crippen molar-refractivity contribution in [3.05, 3.63) is 18.1 Å². The fourth-order valence-corrected chi connectivity index (χ4v) is 0.661. The van der Waals surface area contributed by atoms with Crippen LogP contribution in [0.4, 0.5) is 5.82 Å². The minimum atomic E-state index is 0.894. The molecule has 3 heteroatoms. The first kappa shape index (κ1) is 9.88. The fraction of sp³-hybridized carbons (Fsp3) is 0.500. The molecule has 1 aromatic heterocycles. The van der Waals surface area contributed by atoms with Crippen molar-refractivity contribution in [2.24, 2.45) is 0 Å². The van der Waals surface area contributed by atoms with Crippen molar-refractivity contribution in [1.82, 2.24) is 9.97 Å². The van der Waals surface area contributed by atoms with E-state index in [4.69, 9.17) is 0 Å². The summed E-state index contributed by atoms with van der Waals surface area (Å²) in [6, 6.07) is 0. The number of aryl methyl sites for hydroxylation is 1. The Morgan fingerprint density at radius 3 is 2.36 bits per heavy atom. The van der Waals surface area contributed by atoms with Crippen molar-refractivity contribution in [3.63, 3.8) is 0 Å². The molecular weight excluding hydrogens is 138 g/mol. The van der Waals surface area contributed by atoms with Crippen molar-refractivity contribution in [1.29, 1.82) is 0 Å². The molecule has 1 rings (SSSR count). The van der Waals surface area contributed by atoms with Crippen molar-refractivity contribution < 1.29 is 0 Å². The second-order valence-corrected chi connectivity index (χ2v) is 1.80. The molecule has 0 aromatic carbocycles. The number of aromatic nitrogens is 2. The van der Waals surface area contributed by atoms with E-state index in [2.05, 4.69) is 15.3 Å². The Balaban J connectivity index is 0.000000461. The highest BCUT2D eigenvalue weighted by Crippen LogP contribution is 2.04. The lowest BCUT2D eigenvalue weighted by molar-refractivity contribution is 1.12. The summed E-state index contributed by atoms with van der Waals surface area (Å²) in [5.41, 5.74) is 1.07. The molecule has 0 spiro atoms. The first-order valence-electron chi connectivity index (χ1n) is 3.79. The van der Waals surface area contributed by atoms with Crippen LogP contribution in [0.3, 0.4) is 0 Å². The summed E-state index contributed by atoms with van der Waals surface area (Å²) < 4.78 is 0. The molecule has 0 unspecified atom stereocenters. The molecule has 0 amide bonds. The van der Waals surface area contributed by atoms with E-state index in [1.807, 2.05) is 27.8 Å². The number of nitrogens with one attached hydrogen (secondary N) is 1. The third-order valence-corrected chi connectivity index (χ3v) is 1.13. The van der Waals surface area contributed by atoms with E-state index in [1.54, 1.807) is 6.20 Å². The molecule has 0 saturated heterocycles. The fourth-order valence-electron chi connectivity index (χ4n) is 0.661. The maximum absolute atomic E-state index is 3.97. The predicted molar refractivity (Wildman–Crippen MR) is 47.7 cm³/mol. The van der Waals surface area contributed by atoms with Crippen LogP contribution in [0.15, 0.2) is 12.5 Å². The number of hydrogen-bond donors (Lipinski definition) is 1. The van der Waals surface area contributed by atoms with Gasteiger partial charge in [0.25, 0.3) is 0 Å². The quantitative estimate of drug-likeness (QED) is 0.669. The summed E-state index contributed by atoms with van der Waals surface area (Å²) in [6.45, 7) is 5.96. The highest BCUT2D eigenvalue weighted by atomic mass is 15.0. The molecule has 1 heterocycles. The van der Waals surface area contributed by atoms with Crippen molar-refractivity contribution in [2.45, 2.75) is 20.8 Å². The Labute approximate surface area is 67.9 Å². The van der Waals surface area contributed by atoms with E-state index < -0.39 is 0 Å². The summed E-state index contributed by atoms with van der Waals surface area (Å²) in [6.07, 6.45) is 3.30. The van der Waals surface area contributed by atoms with Gasteiger partial charge >= 0.3 is 0 Å². The first-order chi connectivity index (χ1) is 5.34. The molecule has 0 aliphatic carbocycles. The molecular formula is C8H15N3. The van der Waals surface area contributed by atoms with Gasteiger partial charge in [-0.05, 0) is 6.92 Å². The van der Waals surface area contributed by atoms with Crippen LogP contribution in [0.2, 0.25) is 0 Å². The Kier molecular flexibility index (Phi) is 5.07. The zero-order valence-corrected chi connectivity index (χ0v) is 7.55. The molecule has 11 heavy (non-hydrogen) atoms. The molecule has 62 valence electrons. The second-order valence-electron chi connectivity index (χ2n) is 1.80. The Bertz CT molecular complexity index is 198. The van der Waals surface area contributed by atoms with Crippen LogP contribution in [0.25, 0.3) is 0 Å². The summed E-state index contributed by atoms with van der Waals surface area (Å²) in [4.78, 5) is 7.82. The number of anilines is 1. The van der Waals surface area contributed by atoms with Gasteiger partial charge in [-0.3, -0.25) is 0 Å². The molecule has 1 aromatic rings. The van der Waals surface area contributed by atoms with Crippen molar-refractivity contribution in [2.75, 3.05) is 12.4 Å². The SMILES string of the molecule is CC.CNc1ncncc1C. The normalized spacial score (nSPS) is 8.00. The van der Waals surface area contributed by atoms with Gasteiger partial charge in [0.1, 0.15) is 12.1 Å². The number of rotatable bonds is 1. The highest BCUT2D eigenvalue weighted by Gasteiger charge is 1.91. The summed E-state index contributed by atoms with van der Waals surface area (Å²) >= 11 is 0. The molecule has 0 aliphatic rings. The van der Waals surface area contributed by atoms with E-state index in [0.29, 0.717) is 0 Å². The van der Waals surface area contributed by atoms with Gasteiger partial charge in [-0.2, -0.15) is 0 Å². The van der Waals surface area contributed by atoms with Gasteiger partial charge in [0.15, 0.2) is 0 Å². The summed E-state index contributed by atoms with van der Waals surface area (Å²) in [5, 5.41) is 2.94. The Hall–Kier alpha value is -1.12. The average molecular weight is 153 g/mol. The van der Waals surface area contributed by atoms with E-state index >= 15 is 0 Å². The van der Waals surface area contributed by atoms with E-state index in [1.165, 1.54) is 6.33 Å². The lowest BCUT2D eigenvalue weighted by atomic mass is 10.3. The second kappa shape index (κ2) is 5.65. The molecule has 0 fully saturated rings. The molecule has 0 atom stereocenters. The van der Waals surface area contributed by atoms with Crippen molar-refractivity contribution >= 4 is 5.82 Å². The monoisotopic (exact) mass is 153 g/mol. The maximum atomic E-state index is 3.97. The summed E-state index contributed by atoms with van der Waals surface area (Å²) in [5.74, 6) is 0.894. The largest absolute Gasteiger partial charge is 0.373 e. The summed E-state index contributed by atoms with van der Waals surface area (Å²) in [7, 11) is 1.84. The third kappa shape index (κ3) is 2.98. The lowest BCUT2D eigenvalue weighted by Gasteiger charge is -1.99. The van der Waals surface area contributed by atoms with Gasteiger partial charge < -0.3 is 5.32 Å². The van der Waals surface area contributed by atoms with E-state index in [-0.39, 0.29) is 0 Å². The van der Waals surface area contributed by atoms with Gasteiger partial charge in [0, 0.05) is 18.8 Å². The standard InChI is InChI=1S/C6H9N3.C2H6/c1-5-3-8-4-9-6(5)7-2;1-2/h3-4H,1-2H3,(H,7,8,9);1-2H3. The molecule has 0 bridgehead atoms. The van der Waals surface area contributed by atoms with Crippen LogP contribution >= 0.6 is 0 Å². The van der Waals surface area contributed by atoms with Crippen LogP contribution in [0.5, 0.6) is 0 Å². The smallest absolute Gasteiger partial charge is 0.132 e. The zero-order chi connectivity index (χ0) is 8.69. The van der Waals surface area contributed by atoms with E-state index in [0.717, 1.165) is 11.4 Å². The van der Waals surface area contributed by atoms with Crippen LogP contribution in [0.1, 0.15) is 19.4 Å². The highest BCUT2D eigenvalue weighted by molar-refractivity contribution is 5.39. The van der Waals surface area contributed by atoms with Crippen LogP contribution < -0.4 is 5.32 Å². The Morgan fingerprint density at radius 2 is 2.00 bits per heavy atom.